The summed E-state index contributed by atoms with van der Waals surface area (Å²) in [6, 6.07) is 0. The Kier molecular flexibility index (Phi) is 6.54. The molecule has 78 valence electrons. The van der Waals surface area contributed by atoms with Gasteiger partial charge in [0.1, 0.15) is 5.92 Å². The number of aliphatic hydroxyl groups excluding tert-OH is 2. The molecule has 0 aliphatic carbocycles. The molecule has 0 aromatic heterocycles. The van der Waals surface area contributed by atoms with Gasteiger partial charge in [0.25, 0.3) is 0 Å². The van der Waals surface area contributed by atoms with Crippen LogP contribution in [-0.2, 0) is 9.53 Å². The molecule has 0 amide bonds. The Morgan fingerprint density at radius 1 is 1.46 bits per heavy atom. The number of hydrogen-bond acceptors (Lipinski definition) is 4. The quantitative estimate of drug-likeness (QED) is 0.592. The third-order valence-electron chi connectivity index (χ3n) is 1.83. The van der Waals surface area contributed by atoms with Gasteiger partial charge in [-0.3, -0.25) is 4.79 Å². The monoisotopic (exact) mass is 190 g/mol. The highest BCUT2D eigenvalue weighted by atomic mass is 16.5. The Morgan fingerprint density at radius 3 is 2.46 bits per heavy atom. The molecule has 4 heteroatoms. The van der Waals surface area contributed by atoms with E-state index in [2.05, 4.69) is 0 Å². The van der Waals surface area contributed by atoms with Gasteiger partial charge in [-0.2, -0.15) is 0 Å². The lowest BCUT2D eigenvalue weighted by molar-refractivity contribution is -0.154. The minimum atomic E-state index is -0.797. The van der Waals surface area contributed by atoms with E-state index in [0.29, 0.717) is 6.42 Å². The minimum absolute atomic E-state index is 0.272. The van der Waals surface area contributed by atoms with E-state index in [-0.39, 0.29) is 13.2 Å². The second kappa shape index (κ2) is 6.86. The van der Waals surface area contributed by atoms with Crippen LogP contribution in [0.2, 0.25) is 0 Å². The summed E-state index contributed by atoms with van der Waals surface area (Å²) in [5, 5.41) is 18.3. The highest BCUT2D eigenvalue weighted by Gasteiger charge is 2.26. The van der Waals surface area contributed by atoms with Gasteiger partial charge in [-0.25, -0.2) is 0 Å². The molecule has 0 heterocycles. The van der Waals surface area contributed by atoms with Crippen molar-refractivity contribution in [1.29, 1.82) is 0 Å². The maximum Gasteiger partial charge on any atom is 0.313 e. The summed E-state index contributed by atoms with van der Waals surface area (Å²) in [7, 11) is 0. The summed E-state index contributed by atoms with van der Waals surface area (Å²) in [4.78, 5) is 11.1. The third-order valence-corrected chi connectivity index (χ3v) is 1.83. The predicted molar refractivity (Wildman–Crippen MR) is 48.1 cm³/mol. The number of carbonyl (C=O) groups excluding carboxylic acids is 1. The molecule has 0 aliphatic heterocycles. The Morgan fingerprint density at radius 2 is 2.08 bits per heavy atom. The van der Waals surface area contributed by atoms with Gasteiger partial charge in [-0.1, -0.05) is 13.3 Å². The van der Waals surface area contributed by atoms with Crippen molar-refractivity contribution in [3.63, 3.8) is 0 Å². The zero-order valence-corrected chi connectivity index (χ0v) is 8.19. The first-order chi connectivity index (χ1) is 6.17. The molecule has 0 radical (unpaired) electrons. The molecule has 2 unspecified atom stereocenters. The molecular weight excluding hydrogens is 172 g/mol. The van der Waals surface area contributed by atoms with E-state index in [1.807, 2.05) is 6.92 Å². The zero-order chi connectivity index (χ0) is 10.3. The van der Waals surface area contributed by atoms with Crippen molar-refractivity contribution in [2.75, 3.05) is 13.2 Å². The van der Waals surface area contributed by atoms with E-state index >= 15 is 0 Å². The van der Waals surface area contributed by atoms with Gasteiger partial charge in [0.05, 0.1) is 19.3 Å². The minimum Gasteiger partial charge on any atom is -0.466 e. The van der Waals surface area contributed by atoms with Crippen LogP contribution in [0.25, 0.3) is 0 Å². The molecule has 4 nitrogen and oxygen atoms in total. The Hall–Kier alpha value is -0.610. The molecule has 0 rings (SSSR count). The van der Waals surface area contributed by atoms with Crippen molar-refractivity contribution in [3.05, 3.63) is 0 Å². The number of aliphatic hydroxyl groups is 2. The fraction of sp³-hybridized carbons (Fsp3) is 0.889. The topological polar surface area (TPSA) is 66.8 Å². The molecule has 2 N–H and O–H groups in total. The van der Waals surface area contributed by atoms with Crippen LogP contribution in [0.5, 0.6) is 0 Å². The summed E-state index contributed by atoms with van der Waals surface area (Å²) in [6.07, 6.45) is 0.482. The summed E-state index contributed by atoms with van der Waals surface area (Å²) in [6.45, 7) is 3.51. The molecule has 0 bridgehead atoms. The van der Waals surface area contributed by atoms with E-state index in [1.54, 1.807) is 6.92 Å². The van der Waals surface area contributed by atoms with Gasteiger partial charge >= 0.3 is 5.97 Å². The van der Waals surface area contributed by atoms with Crippen LogP contribution in [0, 0.1) is 5.92 Å². The standard InChI is InChI=1S/C9H18O4/c1-3-5-8(11)7(6-10)9(12)13-4-2/h7-8,10-11H,3-6H2,1-2H3. The number of ether oxygens (including phenoxy) is 1. The van der Waals surface area contributed by atoms with Gasteiger partial charge in [0, 0.05) is 0 Å². The summed E-state index contributed by atoms with van der Waals surface area (Å²) in [5.74, 6) is -1.31. The van der Waals surface area contributed by atoms with Crippen LogP contribution in [0.1, 0.15) is 26.7 Å². The molecule has 0 saturated heterocycles. The lowest BCUT2D eigenvalue weighted by Crippen LogP contribution is -2.32. The van der Waals surface area contributed by atoms with Crippen molar-refractivity contribution in [2.45, 2.75) is 32.8 Å². The van der Waals surface area contributed by atoms with Crippen LogP contribution in [0.4, 0.5) is 0 Å². The van der Waals surface area contributed by atoms with E-state index in [1.165, 1.54) is 0 Å². The van der Waals surface area contributed by atoms with Gasteiger partial charge in [0.15, 0.2) is 0 Å². The van der Waals surface area contributed by atoms with Crippen molar-refractivity contribution >= 4 is 5.97 Å². The molecule has 0 aliphatic rings. The predicted octanol–water partition coefficient (Wildman–Crippen LogP) is 0.319. The van der Waals surface area contributed by atoms with E-state index < -0.39 is 18.0 Å². The van der Waals surface area contributed by atoms with Crippen LogP contribution < -0.4 is 0 Å². The molecule has 13 heavy (non-hydrogen) atoms. The Labute approximate surface area is 78.5 Å². The Bertz CT molecular complexity index is 147. The third kappa shape index (κ3) is 4.24. The van der Waals surface area contributed by atoms with E-state index in [0.717, 1.165) is 6.42 Å². The van der Waals surface area contributed by atoms with Gasteiger partial charge in [0.2, 0.25) is 0 Å². The zero-order valence-electron chi connectivity index (χ0n) is 8.19. The molecule has 0 aromatic rings. The van der Waals surface area contributed by atoms with E-state index in [9.17, 15) is 9.90 Å². The second-order valence-corrected chi connectivity index (χ2v) is 2.90. The first kappa shape index (κ1) is 12.4. The fourth-order valence-electron chi connectivity index (χ4n) is 1.10. The normalized spacial score (nSPS) is 15.1. The van der Waals surface area contributed by atoms with Crippen molar-refractivity contribution in [1.82, 2.24) is 0 Å². The van der Waals surface area contributed by atoms with Crippen molar-refractivity contribution in [2.24, 2.45) is 5.92 Å². The van der Waals surface area contributed by atoms with Gasteiger partial charge < -0.3 is 14.9 Å². The number of hydrogen-bond donors (Lipinski definition) is 2. The van der Waals surface area contributed by atoms with Gasteiger partial charge in [-0.05, 0) is 13.3 Å². The molecule has 2 atom stereocenters. The van der Waals surface area contributed by atoms with Gasteiger partial charge in [-0.15, -0.1) is 0 Å². The lowest BCUT2D eigenvalue weighted by atomic mass is 10.00. The summed E-state index contributed by atoms with van der Waals surface area (Å²) in [5.41, 5.74) is 0. The molecule has 0 fully saturated rings. The second-order valence-electron chi connectivity index (χ2n) is 2.90. The number of esters is 1. The first-order valence-corrected chi connectivity index (χ1v) is 4.62. The lowest BCUT2D eigenvalue weighted by Gasteiger charge is -2.18. The van der Waals surface area contributed by atoms with Crippen LogP contribution in [0.15, 0.2) is 0 Å². The summed E-state index contributed by atoms with van der Waals surface area (Å²) >= 11 is 0. The average Bonchev–Trinajstić information content (AvgIpc) is 2.06. The van der Waals surface area contributed by atoms with Crippen LogP contribution >= 0.6 is 0 Å². The fourth-order valence-corrected chi connectivity index (χ4v) is 1.10. The maximum atomic E-state index is 11.1. The van der Waals surface area contributed by atoms with Crippen LogP contribution in [-0.4, -0.2) is 35.5 Å². The maximum absolute atomic E-state index is 11.1. The van der Waals surface area contributed by atoms with Crippen molar-refractivity contribution in [3.8, 4) is 0 Å². The van der Waals surface area contributed by atoms with E-state index in [4.69, 9.17) is 9.84 Å². The van der Waals surface area contributed by atoms with Crippen LogP contribution in [0.3, 0.4) is 0 Å². The largest absolute Gasteiger partial charge is 0.466 e. The molecule has 0 saturated carbocycles. The number of rotatable bonds is 6. The smallest absolute Gasteiger partial charge is 0.313 e. The van der Waals surface area contributed by atoms with Crippen molar-refractivity contribution < 1.29 is 19.7 Å². The number of carbonyl (C=O) groups is 1. The molecule has 0 spiro atoms. The average molecular weight is 190 g/mol. The highest BCUT2D eigenvalue weighted by molar-refractivity contribution is 5.73. The molecule has 0 aromatic carbocycles. The SMILES string of the molecule is CCCC(O)C(CO)C(=O)OCC. The summed E-state index contributed by atoms with van der Waals surface area (Å²) < 4.78 is 4.70. The Balaban J connectivity index is 4.06. The molecular formula is C9H18O4. The highest BCUT2D eigenvalue weighted by Crippen LogP contribution is 2.11. The first-order valence-electron chi connectivity index (χ1n) is 4.62.